The molecule has 0 aromatic carbocycles. The van der Waals surface area contributed by atoms with E-state index in [-0.39, 0.29) is 37.5 Å². The van der Waals surface area contributed by atoms with Gasteiger partial charge in [0.15, 0.2) is 6.10 Å². The molecule has 0 rings (SSSR count). The van der Waals surface area contributed by atoms with E-state index in [1.54, 1.807) is 0 Å². The van der Waals surface area contributed by atoms with Crippen LogP contribution in [0.4, 0.5) is 0 Å². The van der Waals surface area contributed by atoms with Crippen molar-refractivity contribution in [3.8, 4) is 0 Å². The molecule has 0 spiro atoms. The van der Waals surface area contributed by atoms with E-state index in [2.05, 4.69) is 63.3 Å². The van der Waals surface area contributed by atoms with E-state index in [9.17, 15) is 14.4 Å². The van der Waals surface area contributed by atoms with E-state index in [4.69, 9.17) is 14.2 Å². The number of hydrogen-bond acceptors (Lipinski definition) is 6. The van der Waals surface area contributed by atoms with Crippen molar-refractivity contribution in [3.05, 3.63) is 97.2 Å². The Morgan fingerprint density at radius 2 is 0.625 bits per heavy atom. The van der Waals surface area contributed by atoms with Crippen LogP contribution in [-0.2, 0) is 28.6 Å². The summed E-state index contributed by atoms with van der Waals surface area (Å²) in [4.78, 5) is 38.0. The first-order chi connectivity index (χ1) is 31.5. The molecule has 0 aliphatic rings. The van der Waals surface area contributed by atoms with Crippen molar-refractivity contribution in [1.82, 2.24) is 0 Å². The molecule has 0 aliphatic heterocycles. The third kappa shape index (κ3) is 49.3. The van der Waals surface area contributed by atoms with E-state index in [0.717, 1.165) is 77.0 Å². The molecule has 0 aromatic rings. The van der Waals surface area contributed by atoms with Gasteiger partial charge in [0.2, 0.25) is 0 Å². The van der Waals surface area contributed by atoms with Crippen LogP contribution in [0.1, 0.15) is 233 Å². The Morgan fingerprint density at radius 3 is 1.02 bits per heavy atom. The van der Waals surface area contributed by atoms with Gasteiger partial charge in [-0.25, -0.2) is 0 Å². The number of carbonyl (C=O) groups excluding carboxylic acids is 3. The zero-order chi connectivity index (χ0) is 46.5. The summed E-state index contributed by atoms with van der Waals surface area (Å²) >= 11 is 0. The van der Waals surface area contributed by atoms with Crippen LogP contribution in [0.3, 0.4) is 0 Å². The number of unbranched alkanes of at least 4 members (excludes halogenated alkanes) is 25. The van der Waals surface area contributed by atoms with Crippen molar-refractivity contribution in [2.24, 2.45) is 0 Å². The van der Waals surface area contributed by atoms with Gasteiger partial charge in [-0.3, -0.25) is 14.4 Å². The van der Waals surface area contributed by atoms with Crippen molar-refractivity contribution in [2.75, 3.05) is 13.2 Å². The molecule has 0 fully saturated rings. The van der Waals surface area contributed by atoms with Gasteiger partial charge in [-0.1, -0.05) is 253 Å². The quantitative estimate of drug-likeness (QED) is 0.0262. The second-order valence-corrected chi connectivity index (χ2v) is 17.2. The molecule has 0 saturated carbocycles. The molecule has 0 aromatic heterocycles. The minimum absolute atomic E-state index is 0.110. The topological polar surface area (TPSA) is 78.9 Å². The van der Waals surface area contributed by atoms with Gasteiger partial charge in [-0.15, -0.1) is 0 Å². The largest absolute Gasteiger partial charge is 0.462 e. The van der Waals surface area contributed by atoms with Crippen LogP contribution in [0.2, 0.25) is 0 Å². The summed E-state index contributed by atoms with van der Waals surface area (Å²) in [5, 5.41) is 0. The van der Waals surface area contributed by atoms with Gasteiger partial charge in [-0.2, -0.15) is 0 Å². The van der Waals surface area contributed by atoms with Crippen molar-refractivity contribution < 1.29 is 28.6 Å². The molecule has 0 aliphatic carbocycles. The molecule has 0 bridgehead atoms. The average molecular weight is 889 g/mol. The number of ether oxygens (including phenoxy) is 3. The van der Waals surface area contributed by atoms with Crippen LogP contribution in [0.5, 0.6) is 0 Å². The maximum atomic E-state index is 12.8. The lowest BCUT2D eigenvalue weighted by atomic mass is 10.0. The van der Waals surface area contributed by atoms with Crippen LogP contribution in [-0.4, -0.2) is 37.2 Å². The van der Waals surface area contributed by atoms with Gasteiger partial charge in [-0.05, 0) is 57.8 Å². The van der Waals surface area contributed by atoms with Crippen LogP contribution in [0, 0.1) is 0 Å². The maximum absolute atomic E-state index is 12.8. The fourth-order valence-corrected chi connectivity index (χ4v) is 7.06. The Bertz CT molecular complexity index is 1300. The average Bonchev–Trinajstić information content (AvgIpc) is 3.29. The lowest BCUT2D eigenvalue weighted by Gasteiger charge is -2.18. The first kappa shape index (κ1) is 60.3. The third-order valence-corrected chi connectivity index (χ3v) is 11.0. The molecule has 0 amide bonds. The van der Waals surface area contributed by atoms with Crippen LogP contribution in [0.15, 0.2) is 97.2 Å². The molecule has 364 valence electrons. The smallest absolute Gasteiger partial charge is 0.306 e. The van der Waals surface area contributed by atoms with Crippen molar-refractivity contribution in [3.63, 3.8) is 0 Å². The molecule has 1 unspecified atom stereocenters. The zero-order valence-electron chi connectivity index (χ0n) is 41.5. The van der Waals surface area contributed by atoms with E-state index in [1.165, 1.54) is 109 Å². The van der Waals surface area contributed by atoms with Crippen LogP contribution in [0.25, 0.3) is 0 Å². The van der Waals surface area contributed by atoms with Crippen LogP contribution < -0.4 is 0 Å². The molecule has 0 heterocycles. The Hall–Kier alpha value is -3.67. The van der Waals surface area contributed by atoms with Gasteiger partial charge in [0, 0.05) is 19.3 Å². The minimum atomic E-state index is -0.813. The third-order valence-electron chi connectivity index (χ3n) is 11.0. The standard InChI is InChI=1S/C58H96O6/c1-4-7-10-13-16-19-22-25-27-28-29-31-33-36-39-42-45-48-51-57(60)63-54-55(53-62-56(59)50-47-44-41-38-35-32-24-21-18-15-12-9-6-3)64-58(61)52-49-46-43-40-37-34-30-26-23-20-17-14-11-8-5-2/h9,12,15,18,21-22,24-25,27-29,31-32,35,38,41,55H,4-8,10-11,13-14,16-17,19-20,23,26,30,33-34,36-37,39-40,42-54H2,1-3H3/b12-9+,18-15+,24-21+,25-22+,28-27+,31-29+,35-32+,41-38+. The van der Waals surface area contributed by atoms with Crippen molar-refractivity contribution in [2.45, 2.75) is 239 Å². The highest BCUT2D eigenvalue weighted by Gasteiger charge is 2.19. The van der Waals surface area contributed by atoms with Gasteiger partial charge in [0.05, 0.1) is 0 Å². The summed E-state index contributed by atoms with van der Waals surface area (Å²) in [6, 6.07) is 0. The minimum Gasteiger partial charge on any atom is -0.462 e. The highest BCUT2D eigenvalue weighted by atomic mass is 16.6. The van der Waals surface area contributed by atoms with Gasteiger partial charge in [0.25, 0.3) is 0 Å². The van der Waals surface area contributed by atoms with Crippen molar-refractivity contribution >= 4 is 17.9 Å². The molecule has 6 heteroatoms. The number of hydrogen-bond donors (Lipinski definition) is 0. The predicted octanol–water partition coefficient (Wildman–Crippen LogP) is 17.4. The fraction of sp³-hybridized carbons (Fsp3) is 0.672. The number of esters is 3. The number of carbonyl (C=O) groups is 3. The van der Waals surface area contributed by atoms with Gasteiger partial charge in [0.1, 0.15) is 13.2 Å². The molecule has 0 saturated heterocycles. The normalized spacial score (nSPS) is 12.9. The molecule has 64 heavy (non-hydrogen) atoms. The van der Waals surface area contributed by atoms with E-state index in [0.29, 0.717) is 19.3 Å². The maximum Gasteiger partial charge on any atom is 0.306 e. The summed E-state index contributed by atoms with van der Waals surface area (Å²) in [7, 11) is 0. The van der Waals surface area contributed by atoms with E-state index in [1.807, 2.05) is 54.7 Å². The predicted molar refractivity (Wildman–Crippen MR) is 274 cm³/mol. The van der Waals surface area contributed by atoms with E-state index < -0.39 is 6.10 Å². The van der Waals surface area contributed by atoms with Crippen LogP contribution >= 0.6 is 0 Å². The second-order valence-electron chi connectivity index (χ2n) is 17.2. The Labute approximate surface area is 394 Å². The summed E-state index contributed by atoms with van der Waals surface area (Å²) in [5.74, 6) is -1.00. The summed E-state index contributed by atoms with van der Waals surface area (Å²) in [5.41, 5.74) is 0. The molecule has 1 atom stereocenters. The van der Waals surface area contributed by atoms with Crippen molar-refractivity contribution in [1.29, 1.82) is 0 Å². The second kappa shape index (κ2) is 52.0. The lowest BCUT2D eigenvalue weighted by Crippen LogP contribution is -2.30. The first-order valence-electron chi connectivity index (χ1n) is 26.3. The summed E-state index contributed by atoms with van der Waals surface area (Å²) in [6.45, 7) is 6.40. The Kier molecular flexibility index (Phi) is 49.0. The summed E-state index contributed by atoms with van der Waals surface area (Å²) < 4.78 is 16.7. The van der Waals surface area contributed by atoms with E-state index >= 15 is 0 Å². The monoisotopic (exact) mass is 889 g/mol. The highest BCUT2D eigenvalue weighted by molar-refractivity contribution is 5.71. The zero-order valence-corrected chi connectivity index (χ0v) is 41.5. The first-order valence-corrected chi connectivity index (χ1v) is 26.3. The summed E-state index contributed by atoms with van der Waals surface area (Å²) in [6.07, 6.45) is 68.2. The van der Waals surface area contributed by atoms with Gasteiger partial charge >= 0.3 is 17.9 Å². The molecule has 6 nitrogen and oxygen atoms in total. The Balaban J connectivity index is 4.50. The fourth-order valence-electron chi connectivity index (χ4n) is 7.06. The van der Waals surface area contributed by atoms with Gasteiger partial charge < -0.3 is 14.2 Å². The molecule has 0 radical (unpaired) electrons. The molecule has 0 N–H and O–H groups in total. The SMILES string of the molecule is CC/C=C/C=C/C=C/C=C/C=C/CCCC(=O)OCC(COC(=O)CCCCCCC/C=C/C=C/C=C/CCCCCCC)OC(=O)CCCCCCCCCCCCCCCCC. The number of allylic oxidation sites excluding steroid dienone is 16. The molecular weight excluding hydrogens is 793 g/mol. The number of rotatable bonds is 46. The molecular formula is C58H96O6. The Morgan fingerprint density at radius 1 is 0.328 bits per heavy atom. The highest BCUT2D eigenvalue weighted by Crippen LogP contribution is 2.15. The lowest BCUT2D eigenvalue weighted by molar-refractivity contribution is -0.167.